The molecule has 1 spiro atoms. The van der Waals surface area contributed by atoms with Gasteiger partial charge in [-0.1, -0.05) is 28.1 Å². The van der Waals surface area contributed by atoms with Crippen molar-refractivity contribution in [3.05, 3.63) is 33.8 Å². The van der Waals surface area contributed by atoms with Crippen molar-refractivity contribution in [3.8, 4) is 0 Å². The first-order valence-corrected chi connectivity index (χ1v) is 8.62. The van der Waals surface area contributed by atoms with E-state index in [1.807, 2.05) is 0 Å². The van der Waals surface area contributed by atoms with Crippen LogP contribution in [0.15, 0.2) is 22.7 Å². The minimum Gasteiger partial charge on any atom is -0.381 e. The van der Waals surface area contributed by atoms with Gasteiger partial charge in [0, 0.05) is 30.3 Å². The average Bonchev–Trinajstić information content (AvgIpc) is 2.47. The summed E-state index contributed by atoms with van der Waals surface area (Å²) < 4.78 is 12.7. The summed E-state index contributed by atoms with van der Waals surface area (Å²) in [5.41, 5.74) is 9.08. The highest BCUT2D eigenvalue weighted by Gasteiger charge is 2.41. The molecule has 0 bridgehead atoms. The Hall–Kier alpha value is -0.420. The van der Waals surface area contributed by atoms with Gasteiger partial charge in [-0.05, 0) is 55.7 Å². The minimum absolute atomic E-state index is 0.00988. The van der Waals surface area contributed by atoms with E-state index in [0.717, 1.165) is 50.0 Å². The van der Waals surface area contributed by atoms with Gasteiger partial charge in [0.25, 0.3) is 0 Å². The summed E-state index contributed by atoms with van der Waals surface area (Å²) in [6.07, 6.45) is 4.11. The molecule has 0 saturated carbocycles. The first-order chi connectivity index (χ1) is 10.1. The third kappa shape index (κ3) is 3.34. The SMILES string of the molecule is Cc1ccc(C(N)C2CCOC3(CCOCC3)C2)c(Br)c1. The van der Waals surface area contributed by atoms with Crippen molar-refractivity contribution in [2.75, 3.05) is 19.8 Å². The van der Waals surface area contributed by atoms with Gasteiger partial charge >= 0.3 is 0 Å². The Morgan fingerprint density at radius 3 is 2.76 bits per heavy atom. The van der Waals surface area contributed by atoms with Crippen LogP contribution in [-0.2, 0) is 9.47 Å². The van der Waals surface area contributed by atoms with E-state index in [1.165, 1.54) is 11.1 Å². The molecule has 2 fully saturated rings. The van der Waals surface area contributed by atoms with E-state index in [2.05, 4.69) is 41.1 Å². The fourth-order valence-corrected chi connectivity index (χ4v) is 4.38. The van der Waals surface area contributed by atoms with Crippen molar-refractivity contribution in [3.63, 3.8) is 0 Å². The van der Waals surface area contributed by atoms with E-state index >= 15 is 0 Å². The summed E-state index contributed by atoms with van der Waals surface area (Å²) in [5.74, 6) is 0.482. The summed E-state index contributed by atoms with van der Waals surface area (Å²) >= 11 is 3.67. The van der Waals surface area contributed by atoms with Gasteiger partial charge in [-0.25, -0.2) is 0 Å². The van der Waals surface area contributed by atoms with E-state index in [9.17, 15) is 0 Å². The van der Waals surface area contributed by atoms with Crippen LogP contribution in [-0.4, -0.2) is 25.4 Å². The van der Waals surface area contributed by atoms with Crippen LogP contribution in [0.3, 0.4) is 0 Å². The Balaban J connectivity index is 1.76. The van der Waals surface area contributed by atoms with Gasteiger partial charge in [0.1, 0.15) is 0 Å². The number of hydrogen-bond donors (Lipinski definition) is 1. The highest BCUT2D eigenvalue weighted by atomic mass is 79.9. The third-order valence-electron chi connectivity index (χ3n) is 4.96. The molecule has 116 valence electrons. The van der Waals surface area contributed by atoms with Crippen LogP contribution < -0.4 is 5.73 Å². The van der Waals surface area contributed by atoms with Crippen molar-refractivity contribution in [1.82, 2.24) is 0 Å². The van der Waals surface area contributed by atoms with Gasteiger partial charge in [-0.3, -0.25) is 0 Å². The van der Waals surface area contributed by atoms with Gasteiger partial charge in [-0.2, -0.15) is 0 Å². The number of aryl methyl sites for hydroxylation is 1. The molecule has 4 heteroatoms. The molecule has 3 rings (SSSR count). The second kappa shape index (κ2) is 6.37. The molecule has 0 aliphatic carbocycles. The lowest BCUT2D eigenvalue weighted by molar-refractivity contribution is -0.149. The van der Waals surface area contributed by atoms with E-state index in [4.69, 9.17) is 15.2 Å². The fraction of sp³-hybridized carbons (Fsp3) is 0.647. The first-order valence-electron chi connectivity index (χ1n) is 7.83. The second-order valence-electron chi connectivity index (χ2n) is 6.45. The highest BCUT2D eigenvalue weighted by molar-refractivity contribution is 9.10. The van der Waals surface area contributed by atoms with Crippen molar-refractivity contribution in [1.29, 1.82) is 0 Å². The lowest BCUT2D eigenvalue weighted by Crippen LogP contribution is -2.46. The van der Waals surface area contributed by atoms with Crippen LogP contribution in [0.2, 0.25) is 0 Å². The maximum absolute atomic E-state index is 6.59. The normalized spacial score (nSPS) is 26.7. The van der Waals surface area contributed by atoms with E-state index in [1.54, 1.807) is 0 Å². The maximum atomic E-state index is 6.59. The third-order valence-corrected chi connectivity index (χ3v) is 5.64. The summed E-state index contributed by atoms with van der Waals surface area (Å²) in [6.45, 7) is 4.56. The molecule has 21 heavy (non-hydrogen) atoms. The van der Waals surface area contributed by atoms with Gasteiger partial charge in [0.2, 0.25) is 0 Å². The summed E-state index contributed by atoms with van der Waals surface area (Å²) in [6, 6.07) is 6.53. The lowest BCUT2D eigenvalue weighted by atomic mass is 9.76. The Labute approximate surface area is 135 Å². The molecule has 0 radical (unpaired) electrons. The smallest absolute Gasteiger partial charge is 0.0729 e. The summed E-state index contributed by atoms with van der Waals surface area (Å²) in [5, 5.41) is 0. The number of rotatable bonds is 2. The molecule has 2 unspecified atom stereocenters. The van der Waals surface area contributed by atoms with Gasteiger partial charge in [0.05, 0.1) is 5.60 Å². The molecule has 2 heterocycles. The zero-order chi connectivity index (χ0) is 14.9. The number of ether oxygens (including phenoxy) is 2. The highest BCUT2D eigenvalue weighted by Crippen LogP contribution is 2.42. The molecule has 0 aromatic heterocycles. The first kappa shape index (κ1) is 15.5. The molecule has 1 aromatic rings. The Morgan fingerprint density at radius 1 is 1.29 bits per heavy atom. The van der Waals surface area contributed by atoms with E-state index in [-0.39, 0.29) is 11.6 Å². The molecule has 0 amide bonds. The second-order valence-corrected chi connectivity index (χ2v) is 7.30. The van der Waals surface area contributed by atoms with Crippen molar-refractivity contribution in [2.45, 2.75) is 44.2 Å². The monoisotopic (exact) mass is 353 g/mol. The molecular formula is C17H24BrNO2. The number of nitrogens with two attached hydrogens (primary N) is 1. The van der Waals surface area contributed by atoms with Crippen molar-refractivity contribution in [2.24, 2.45) is 11.7 Å². The molecular weight excluding hydrogens is 330 g/mol. The quantitative estimate of drug-likeness (QED) is 0.880. The average molecular weight is 354 g/mol. The van der Waals surface area contributed by atoms with Gasteiger partial charge < -0.3 is 15.2 Å². The van der Waals surface area contributed by atoms with Crippen LogP contribution in [0.4, 0.5) is 0 Å². The van der Waals surface area contributed by atoms with Crippen LogP contribution in [0.5, 0.6) is 0 Å². The predicted molar refractivity (Wildman–Crippen MR) is 87.3 cm³/mol. The fourth-order valence-electron chi connectivity index (χ4n) is 3.62. The molecule has 2 saturated heterocycles. The van der Waals surface area contributed by atoms with Crippen LogP contribution in [0, 0.1) is 12.8 Å². The molecule has 2 N–H and O–H groups in total. The van der Waals surface area contributed by atoms with Gasteiger partial charge in [-0.15, -0.1) is 0 Å². The van der Waals surface area contributed by atoms with E-state index in [0.29, 0.717) is 5.92 Å². The van der Waals surface area contributed by atoms with E-state index < -0.39 is 0 Å². The summed E-state index contributed by atoms with van der Waals surface area (Å²) in [7, 11) is 0. The zero-order valence-corrected chi connectivity index (χ0v) is 14.2. The lowest BCUT2D eigenvalue weighted by Gasteiger charge is -2.45. The zero-order valence-electron chi connectivity index (χ0n) is 12.6. The molecule has 2 aliphatic heterocycles. The number of benzene rings is 1. The number of hydrogen-bond acceptors (Lipinski definition) is 3. The van der Waals surface area contributed by atoms with Gasteiger partial charge in [0.15, 0.2) is 0 Å². The topological polar surface area (TPSA) is 44.5 Å². The Bertz CT molecular complexity index is 494. The minimum atomic E-state index is 0.00988. The maximum Gasteiger partial charge on any atom is 0.0729 e. The molecule has 1 aromatic carbocycles. The Kier molecular flexibility index (Phi) is 4.69. The number of halogens is 1. The van der Waals surface area contributed by atoms with Crippen LogP contribution >= 0.6 is 15.9 Å². The molecule has 2 aliphatic rings. The summed E-state index contributed by atoms with van der Waals surface area (Å²) in [4.78, 5) is 0. The van der Waals surface area contributed by atoms with Crippen molar-refractivity contribution >= 4 is 15.9 Å². The predicted octanol–water partition coefficient (Wildman–Crippen LogP) is 3.73. The Morgan fingerprint density at radius 2 is 2.05 bits per heavy atom. The standard InChI is InChI=1S/C17H24BrNO2/c1-12-2-3-14(15(18)10-12)16(19)13-4-7-21-17(11-13)5-8-20-9-6-17/h2-3,10,13,16H,4-9,11,19H2,1H3. The van der Waals surface area contributed by atoms with Crippen LogP contribution in [0.25, 0.3) is 0 Å². The molecule has 3 nitrogen and oxygen atoms in total. The molecule has 2 atom stereocenters. The van der Waals surface area contributed by atoms with Crippen molar-refractivity contribution < 1.29 is 9.47 Å². The largest absolute Gasteiger partial charge is 0.381 e. The van der Waals surface area contributed by atoms with Crippen LogP contribution in [0.1, 0.15) is 42.9 Å².